The van der Waals surface area contributed by atoms with Gasteiger partial charge in [-0.3, -0.25) is 9.10 Å². The number of hydrogen-bond donors (Lipinski definition) is 1. The number of carbonyl (C=O) groups excluding carboxylic acids is 1. The molecule has 152 valence electrons. The summed E-state index contributed by atoms with van der Waals surface area (Å²) in [5, 5.41) is 2.83. The van der Waals surface area contributed by atoms with Crippen molar-refractivity contribution in [1.82, 2.24) is 0 Å². The number of ether oxygens (including phenoxy) is 2. The van der Waals surface area contributed by atoms with Crippen molar-refractivity contribution in [3.63, 3.8) is 0 Å². The molecule has 1 amide bonds. The van der Waals surface area contributed by atoms with E-state index in [1.807, 2.05) is 19.9 Å². The summed E-state index contributed by atoms with van der Waals surface area (Å²) in [6.07, 6.45) is 0.923. The molecule has 1 unspecified atom stereocenters. The van der Waals surface area contributed by atoms with Gasteiger partial charge < -0.3 is 14.8 Å². The van der Waals surface area contributed by atoms with Crippen molar-refractivity contribution in [2.75, 3.05) is 29.5 Å². The van der Waals surface area contributed by atoms with E-state index < -0.39 is 16.1 Å². The van der Waals surface area contributed by atoms with Crippen LogP contribution in [0.5, 0.6) is 11.5 Å². The Morgan fingerprint density at radius 3 is 2.36 bits per heavy atom. The molecule has 0 spiro atoms. The van der Waals surface area contributed by atoms with Crippen molar-refractivity contribution >= 4 is 27.3 Å². The van der Waals surface area contributed by atoms with E-state index in [0.717, 1.165) is 6.26 Å². The van der Waals surface area contributed by atoms with Gasteiger partial charge in [-0.2, -0.15) is 0 Å². The van der Waals surface area contributed by atoms with Gasteiger partial charge in [-0.1, -0.05) is 13.0 Å². The lowest BCUT2D eigenvalue weighted by Gasteiger charge is -2.19. The van der Waals surface area contributed by atoms with Gasteiger partial charge in [0.05, 0.1) is 18.6 Å². The van der Waals surface area contributed by atoms with E-state index in [2.05, 4.69) is 5.32 Å². The van der Waals surface area contributed by atoms with Crippen LogP contribution in [-0.2, 0) is 14.8 Å². The van der Waals surface area contributed by atoms with Crippen LogP contribution in [0.1, 0.15) is 20.3 Å². The molecule has 0 fully saturated rings. The molecular weight excluding hydrogens is 380 g/mol. The van der Waals surface area contributed by atoms with E-state index in [1.54, 1.807) is 42.5 Å². The first-order valence-electron chi connectivity index (χ1n) is 8.99. The smallest absolute Gasteiger partial charge is 0.265 e. The van der Waals surface area contributed by atoms with Crippen molar-refractivity contribution in [3.8, 4) is 11.5 Å². The lowest BCUT2D eigenvalue weighted by atomic mass is 10.2. The fourth-order valence-corrected chi connectivity index (χ4v) is 2.97. The second-order valence-electron chi connectivity index (χ2n) is 6.19. The van der Waals surface area contributed by atoms with Crippen LogP contribution in [0.4, 0.5) is 11.4 Å². The standard InChI is InChI=1S/C20H26N2O5S/c1-5-19(20(23)21-15-8-7-9-18(14-15)26-6-2)27-17-12-10-16(11-13-17)22(3)28(4,24)25/h7-14,19H,5-6H2,1-4H3,(H,21,23). The van der Waals surface area contributed by atoms with E-state index >= 15 is 0 Å². The molecule has 0 saturated carbocycles. The van der Waals surface area contributed by atoms with Gasteiger partial charge in [0.1, 0.15) is 11.5 Å². The minimum atomic E-state index is -3.33. The van der Waals surface area contributed by atoms with Gasteiger partial charge >= 0.3 is 0 Å². The Morgan fingerprint density at radius 2 is 1.79 bits per heavy atom. The summed E-state index contributed by atoms with van der Waals surface area (Å²) in [6, 6.07) is 13.7. The zero-order valence-electron chi connectivity index (χ0n) is 16.5. The third-order valence-electron chi connectivity index (χ3n) is 4.05. The Hall–Kier alpha value is -2.74. The second-order valence-corrected chi connectivity index (χ2v) is 8.20. The summed E-state index contributed by atoms with van der Waals surface area (Å²) in [5.74, 6) is 0.893. The molecule has 28 heavy (non-hydrogen) atoms. The van der Waals surface area contributed by atoms with Crippen LogP contribution in [-0.4, -0.2) is 40.3 Å². The number of rotatable bonds is 9. The lowest BCUT2D eigenvalue weighted by molar-refractivity contribution is -0.122. The van der Waals surface area contributed by atoms with Gasteiger partial charge in [0, 0.05) is 18.8 Å². The van der Waals surface area contributed by atoms with Crippen LogP contribution in [0.25, 0.3) is 0 Å². The van der Waals surface area contributed by atoms with Gasteiger partial charge in [0.15, 0.2) is 6.10 Å². The topological polar surface area (TPSA) is 84.9 Å². The highest BCUT2D eigenvalue weighted by Crippen LogP contribution is 2.22. The number of anilines is 2. The predicted molar refractivity (Wildman–Crippen MR) is 111 cm³/mol. The van der Waals surface area contributed by atoms with E-state index in [0.29, 0.717) is 35.9 Å². The summed E-state index contributed by atoms with van der Waals surface area (Å²) >= 11 is 0. The molecule has 2 rings (SSSR count). The predicted octanol–water partition coefficient (Wildman–Crippen LogP) is 3.28. The maximum Gasteiger partial charge on any atom is 0.265 e. The SMILES string of the molecule is CCOc1cccc(NC(=O)C(CC)Oc2ccc(N(C)S(C)(=O)=O)cc2)c1. The minimum Gasteiger partial charge on any atom is -0.494 e. The Morgan fingerprint density at radius 1 is 1.11 bits per heavy atom. The average molecular weight is 407 g/mol. The fraction of sp³-hybridized carbons (Fsp3) is 0.350. The summed E-state index contributed by atoms with van der Waals surface area (Å²) in [6.45, 7) is 4.29. The Labute approximate surface area is 166 Å². The van der Waals surface area contributed by atoms with Gasteiger partial charge in [-0.15, -0.1) is 0 Å². The molecule has 1 atom stereocenters. The Balaban J connectivity index is 2.05. The highest BCUT2D eigenvalue weighted by Gasteiger charge is 2.19. The molecule has 0 aliphatic carbocycles. The number of nitrogens with zero attached hydrogens (tertiary/aromatic N) is 1. The van der Waals surface area contributed by atoms with E-state index in [4.69, 9.17) is 9.47 Å². The van der Waals surface area contributed by atoms with E-state index in [1.165, 1.54) is 11.4 Å². The van der Waals surface area contributed by atoms with Gasteiger partial charge in [0.25, 0.3) is 5.91 Å². The Bertz CT molecular complexity index is 897. The maximum absolute atomic E-state index is 12.6. The molecule has 0 heterocycles. The third-order valence-corrected chi connectivity index (χ3v) is 5.26. The first-order valence-corrected chi connectivity index (χ1v) is 10.8. The number of benzene rings is 2. The zero-order chi connectivity index (χ0) is 20.7. The monoisotopic (exact) mass is 406 g/mol. The summed E-state index contributed by atoms with van der Waals surface area (Å²) in [5.41, 5.74) is 1.14. The number of amides is 1. The average Bonchev–Trinajstić information content (AvgIpc) is 2.65. The first kappa shape index (κ1) is 21.6. The van der Waals surface area contributed by atoms with Crippen LogP contribution in [0.3, 0.4) is 0 Å². The zero-order valence-corrected chi connectivity index (χ0v) is 17.3. The summed E-state index contributed by atoms with van der Waals surface area (Å²) < 4.78 is 35.6. The van der Waals surface area contributed by atoms with E-state index in [-0.39, 0.29) is 5.91 Å². The summed E-state index contributed by atoms with van der Waals surface area (Å²) in [7, 11) is -1.86. The minimum absolute atomic E-state index is 0.270. The molecule has 8 heteroatoms. The van der Waals surface area contributed by atoms with Crippen LogP contribution in [0.15, 0.2) is 48.5 Å². The molecule has 0 saturated heterocycles. The van der Waals surface area contributed by atoms with E-state index in [9.17, 15) is 13.2 Å². The molecule has 0 bridgehead atoms. The summed E-state index contributed by atoms with van der Waals surface area (Å²) in [4.78, 5) is 12.6. The highest BCUT2D eigenvalue weighted by molar-refractivity contribution is 7.92. The molecule has 1 N–H and O–H groups in total. The normalized spacial score (nSPS) is 12.1. The molecule has 0 aromatic heterocycles. The fourth-order valence-electron chi connectivity index (χ4n) is 2.47. The molecule has 2 aromatic carbocycles. The molecule has 0 aliphatic rings. The number of sulfonamides is 1. The second kappa shape index (κ2) is 9.45. The van der Waals surface area contributed by atoms with Crippen molar-refractivity contribution in [2.45, 2.75) is 26.4 Å². The van der Waals surface area contributed by atoms with Crippen LogP contribution < -0.4 is 19.1 Å². The van der Waals surface area contributed by atoms with Gasteiger partial charge in [0.2, 0.25) is 10.0 Å². The van der Waals surface area contributed by atoms with Gasteiger partial charge in [-0.05, 0) is 49.7 Å². The number of hydrogen-bond acceptors (Lipinski definition) is 5. The number of carbonyl (C=O) groups is 1. The van der Waals surface area contributed by atoms with Crippen LogP contribution in [0.2, 0.25) is 0 Å². The largest absolute Gasteiger partial charge is 0.494 e. The first-order chi connectivity index (χ1) is 13.2. The maximum atomic E-state index is 12.6. The van der Waals surface area contributed by atoms with Crippen molar-refractivity contribution in [2.24, 2.45) is 0 Å². The molecule has 0 aliphatic heterocycles. The molecule has 2 aromatic rings. The molecule has 7 nitrogen and oxygen atoms in total. The lowest BCUT2D eigenvalue weighted by Crippen LogP contribution is -2.32. The van der Waals surface area contributed by atoms with Crippen molar-refractivity contribution in [3.05, 3.63) is 48.5 Å². The van der Waals surface area contributed by atoms with Crippen molar-refractivity contribution < 1.29 is 22.7 Å². The highest BCUT2D eigenvalue weighted by atomic mass is 32.2. The quantitative estimate of drug-likeness (QED) is 0.691. The Kier molecular flexibility index (Phi) is 7.28. The van der Waals surface area contributed by atoms with Crippen LogP contribution >= 0.6 is 0 Å². The van der Waals surface area contributed by atoms with Gasteiger partial charge in [-0.25, -0.2) is 8.42 Å². The molecular formula is C20H26N2O5S. The third kappa shape index (κ3) is 5.88. The van der Waals surface area contributed by atoms with Crippen molar-refractivity contribution in [1.29, 1.82) is 0 Å². The number of nitrogens with one attached hydrogen (secondary N) is 1. The molecule has 0 radical (unpaired) electrons. The van der Waals surface area contributed by atoms with Crippen LogP contribution in [0, 0.1) is 0 Å².